The van der Waals surface area contributed by atoms with Crippen LogP contribution in [0.1, 0.15) is 36.4 Å². The van der Waals surface area contributed by atoms with E-state index in [2.05, 4.69) is 45.9 Å². The molecule has 1 atom stereocenters. The average Bonchev–Trinajstić information content (AvgIpc) is 3.31. The van der Waals surface area contributed by atoms with Gasteiger partial charge >= 0.3 is 0 Å². The first kappa shape index (κ1) is 18.5. The molecule has 1 saturated heterocycles. The van der Waals surface area contributed by atoms with Crippen molar-refractivity contribution in [1.82, 2.24) is 25.1 Å². The number of carbonyl (C=O) groups excluding carboxylic acids is 1. The monoisotopic (exact) mass is 400 g/mol. The number of allylic oxidation sites excluding steroid dienone is 1. The Hall–Kier alpha value is -3.48. The number of carbonyl (C=O) groups is 1. The smallest absolute Gasteiger partial charge is 0.251 e. The van der Waals surface area contributed by atoms with Crippen LogP contribution in [0.2, 0.25) is 0 Å². The van der Waals surface area contributed by atoms with E-state index in [1.54, 1.807) is 4.68 Å². The Balaban J connectivity index is 1.55. The number of amides is 1. The third-order valence-electron chi connectivity index (χ3n) is 5.80. The fraction of sp³-hybridized carbons (Fsp3) is 0.304. The molecule has 1 fully saturated rings. The van der Waals surface area contributed by atoms with Crippen molar-refractivity contribution in [2.75, 3.05) is 24.5 Å². The van der Waals surface area contributed by atoms with Gasteiger partial charge in [-0.1, -0.05) is 65.8 Å². The minimum absolute atomic E-state index is 0.115. The maximum absolute atomic E-state index is 13.1. The predicted molar refractivity (Wildman–Crippen MR) is 115 cm³/mol. The highest BCUT2D eigenvalue weighted by atomic mass is 16.2. The number of nitrogens with zero attached hydrogens (tertiary/aromatic N) is 6. The number of anilines is 1. The molecule has 1 amide bonds. The lowest BCUT2D eigenvalue weighted by atomic mass is 10.0. The van der Waals surface area contributed by atoms with Crippen molar-refractivity contribution < 1.29 is 4.79 Å². The van der Waals surface area contributed by atoms with Gasteiger partial charge in [-0.3, -0.25) is 9.69 Å². The van der Waals surface area contributed by atoms with Gasteiger partial charge in [0.25, 0.3) is 5.95 Å². The molecule has 3 heterocycles. The number of benzene rings is 2. The Bertz CT molecular complexity index is 1040. The van der Waals surface area contributed by atoms with Crippen molar-refractivity contribution in [3.8, 4) is 0 Å². The van der Waals surface area contributed by atoms with Crippen LogP contribution in [0, 0.1) is 0 Å². The zero-order valence-corrected chi connectivity index (χ0v) is 16.8. The van der Waals surface area contributed by atoms with Crippen LogP contribution in [0.4, 0.5) is 5.95 Å². The fourth-order valence-corrected chi connectivity index (χ4v) is 4.25. The van der Waals surface area contributed by atoms with Gasteiger partial charge in [0.05, 0.1) is 5.70 Å². The molecule has 0 spiro atoms. The van der Waals surface area contributed by atoms with Crippen LogP contribution in [0.25, 0.3) is 5.70 Å². The van der Waals surface area contributed by atoms with Crippen LogP contribution in [0.3, 0.4) is 0 Å². The van der Waals surface area contributed by atoms with Gasteiger partial charge in [0, 0.05) is 13.1 Å². The lowest BCUT2D eigenvalue weighted by Crippen LogP contribution is -2.44. The highest BCUT2D eigenvalue weighted by Gasteiger charge is 2.32. The number of hydrogen-bond donors (Lipinski definition) is 0. The molecule has 7 heteroatoms. The summed E-state index contributed by atoms with van der Waals surface area (Å²) in [4.78, 5) is 17.0. The van der Waals surface area contributed by atoms with Crippen LogP contribution in [0.15, 0.2) is 66.7 Å². The summed E-state index contributed by atoms with van der Waals surface area (Å²) in [6.45, 7) is 1.88. The van der Waals surface area contributed by atoms with E-state index in [1.165, 1.54) is 6.42 Å². The van der Waals surface area contributed by atoms with E-state index in [0.717, 1.165) is 42.8 Å². The lowest BCUT2D eigenvalue weighted by Gasteiger charge is -2.34. The Morgan fingerprint density at radius 3 is 2.37 bits per heavy atom. The summed E-state index contributed by atoms with van der Waals surface area (Å²) in [6, 6.07) is 20.2. The van der Waals surface area contributed by atoms with Crippen molar-refractivity contribution in [2.24, 2.45) is 0 Å². The molecule has 30 heavy (non-hydrogen) atoms. The molecule has 1 aromatic heterocycles. The first-order valence-electron chi connectivity index (χ1n) is 10.5. The summed E-state index contributed by atoms with van der Waals surface area (Å²) in [7, 11) is 0. The normalized spacial score (nSPS) is 18.7. The maximum Gasteiger partial charge on any atom is 0.251 e. The van der Waals surface area contributed by atoms with Crippen molar-refractivity contribution in [1.29, 1.82) is 0 Å². The number of fused-ring (bicyclic) bond motifs is 1. The second-order valence-electron chi connectivity index (χ2n) is 7.72. The van der Waals surface area contributed by atoms with E-state index in [9.17, 15) is 4.79 Å². The zero-order valence-electron chi connectivity index (χ0n) is 16.8. The number of piperidine rings is 1. The fourth-order valence-electron chi connectivity index (χ4n) is 4.25. The first-order valence-corrected chi connectivity index (χ1v) is 10.5. The molecule has 5 rings (SSSR count). The summed E-state index contributed by atoms with van der Waals surface area (Å²) >= 11 is 0. The quantitative estimate of drug-likeness (QED) is 0.673. The van der Waals surface area contributed by atoms with Crippen LogP contribution < -0.4 is 4.90 Å². The van der Waals surface area contributed by atoms with Crippen LogP contribution in [0.5, 0.6) is 0 Å². The number of hydrogen-bond acceptors (Lipinski definition) is 5. The second kappa shape index (κ2) is 8.10. The van der Waals surface area contributed by atoms with Gasteiger partial charge < -0.3 is 4.90 Å². The molecule has 7 nitrogen and oxygen atoms in total. The molecule has 2 aromatic carbocycles. The topological polar surface area (TPSA) is 67.2 Å². The summed E-state index contributed by atoms with van der Waals surface area (Å²) in [5, 5.41) is 12.5. The molecule has 0 unspecified atom stereocenters. The summed E-state index contributed by atoms with van der Waals surface area (Å²) in [5.74, 6) is 0.708. The van der Waals surface area contributed by atoms with Gasteiger partial charge in [-0.15, -0.1) is 0 Å². The molecule has 0 saturated carbocycles. The number of tetrazole rings is 1. The van der Waals surface area contributed by atoms with Crippen LogP contribution in [-0.4, -0.2) is 50.6 Å². The van der Waals surface area contributed by atoms with Crippen LogP contribution in [-0.2, 0) is 4.79 Å². The van der Waals surface area contributed by atoms with E-state index in [0.29, 0.717) is 5.95 Å². The second-order valence-corrected chi connectivity index (χ2v) is 7.72. The Kier molecular flexibility index (Phi) is 5.01. The minimum atomic E-state index is -0.132. The third kappa shape index (κ3) is 3.47. The van der Waals surface area contributed by atoms with Crippen molar-refractivity contribution >= 4 is 17.6 Å². The number of aromatic nitrogens is 4. The van der Waals surface area contributed by atoms with Gasteiger partial charge in [-0.25, -0.2) is 0 Å². The van der Waals surface area contributed by atoms with Crippen molar-refractivity contribution in [2.45, 2.75) is 25.3 Å². The van der Waals surface area contributed by atoms with E-state index in [-0.39, 0.29) is 18.5 Å². The predicted octanol–water partition coefficient (Wildman–Crippen LogP) is 3.14. The largest absolute Gasteiger partial charge is 0.341 e. The van der Waals surface area contributed by atoms with E-state index in [4.69, 9.17) is 0 Å². The zero-order chi connectivity index (χ0) is 20.3. The molecule has 0 radical (unpaired) electrons. The Morgan fingerprint density at radius 2 is 1.63 bits per heavy atom. The summed E-state index contributed by atoms with van der Waals surface area (Å²) < 4.78 is 1.80. The molecular formula is C23H24N6O. The number of likely N-dealkylation sites (tertiary alicyclic amines) is 1. The van der Waals surface area contributed by atoms with Gasteiger partial charge in [-0.05, 0) is 46.9 Å². The average molecular weight is 400 g/mol. The van der Waals surface area contributed by atoms with Gasteiger partial charge in [-0.2, -0.15) is 4.68 Å². The Morgan fingerprint density at radius 1 is 0.933 bits per heavy atom. The lowest BCUT2D eigenvalue weighted by molar-refractivity contribution is -0.130. The summed E-state index contributed by atoms with van der Waals surface area (Å²) in [5.41, 5.74) is 3.10. The minimum Gasteiger partial charge on any atom is -0.341 e. The van der Waals surface area contributed by atoms with E-state index in [1.807, 2.05) is 46.2 Å². The highest BCUT2D eigenvalue weighted by Crippen LogP contribution is 2.36. The van der Waals surface area contributed by atoms with Gasteiger partial charge in [0.1, 0.15) is 12.6 Å². The molecule has 2 aliphatic heterocycles. The molecule has 0 N–H and O–H groups in total. The molecule has 2 aliphatic rings. The van der Waals surface area contributed by atoms with Crippen LogP contribution >= 0.6 is 0 Å². The van der Waals surface area contributed by atoms with E-state index >= 15 is 0 Å². The molecule has 0 aliphatic carbocycles. The first-order chi connectivity index (χ1) is 14.8. The van der Waals surface area contributed by atoms with Gasteiger partial charge in [0.15, 0.2) is 0 Å². The Labute approximate surface area is 175 Å². The van der Waals surface area contributed by atoms with Gasteiger partial charge in [0.2, 0.25) is 5.91 Å². The SMILES string of the molecule is O=C(CN1C(c2ccccc2)=C[C@@H](c2ccccc2)n2nnnc21)N1CCCCC1. The molecule has 3 aromatic rings. The maximum atomic E-state index is 13.1. The van der Waals surface area contributed by atoms with E-state index < -0.39 is 0 Å². The number of rotatable bonds is 4. The van der Waals surface area contributed by atoms with Crippen molar-refractivity contribution in [3.05, 3.63) is 77.9 Å². The molecule has 0 bridgehead atoms. The highest BCUT2D eigenvalue weighted by molar-refractivity contribution is 5.89. The third-order valence-corrected chi connectivity index (χ3v) is 5.80. The molecular weight excluding hydrogens is 376 g/mol. The molecule has 152 valence electrons. The standard InChI is InChI=1S/C23H24N6O/c30-22(27-14-8-3-9-15-27)17-28-20(18-10-4-1-5-11-18)16-21(19-12-6-2-7-13-19)29-23(28)24-25-26-29/h1-2,4-7,10-13,16,21H,3,8-9,14-15,17H2/t21-/m0/s1. The summed E-state index contributed by atoms with van der Waals surface area (Å²) in [6.07, 6.45) is 5.49. The van der Waals surface area contributed by atoms with Crippen molar-refractivity contribution in [3.63, 3.8) is 0 Å².